The highest BCUT2D eigenvalue weighted by Gasteiger charge is 2.35. The van der Waals surface area contributed by atoms with E-state index >= 15 is 0 Å². The van der Waals surface area contributed by atoms with E-state index in [1.807, 2.05) is 32.0 Å². The molecule has 5 nitrogen and oxygen atoms in total. The Labute approximate surface area is 159 Å². The summed E-state index contributed by atoms with van der Waals surface area (Å²) in [5.41, 5.74) is 3.45. The molecule has 1 fully saturated rings. The Hall–Kier alpha value is -1.89. The molecule has 1 aliphatic rings. The number of anilines is 1. The molecule has 3 rings (SSSR count). The van der Waals surface area contributed by atoms with Gasteiger partial charge in [-0.2, -0.15) is 0 Å². The van der Waals surface area contributed by atoms with Crippen molar-refractivity contribution in [1.82, 2.24) is 4.72 Å². The van der Waals surface area contributed by atoms with Gasteiger partial charge >= 0.3 is 0 Å². The standard InChI is InChI=1S/C19H21ClN2O3S/c1-13-9-14(2)11-16(10-13)22-8-7-18(19(22)23)21-26(24,25)12-15-5-3-4-6-17(15)20/h3-6,9-11,18,21H,7-8,12H2,1-2H3/t18-/m0/s1. The minimum absolute atomic E-state index is 0.224. The molecule has 0 radical (unpaired) electrons. The van der Waals surface area contributed by atoms with Crippen LogP contribution in [0.2, 0.25) is 5.02 Å². The molecule has 0 unspecified atom stereocenters. The van der Waals surface area contributed by atoms with Gasteiger partial charge in [0.2, 0.25) is 15.9 Å². The van der Waals surface area contributed by atoms with Gasteiger partial charge < -0.3 is 4.90 Å². The van der Waals surface area contributed by atoms with Gasteiger partial charge in [0.15, 0.2) is 0 Å². The van der Waals surface area contributed by atoms with E-state index in [1.54, 1.807) is 29.2 Å². The highest BCUT2D eigenvalue weighted by molar-refractivity contribution is 7.88. The van der Waals surface area contributed by atoms with Crippen LogP contribution in [0.4, 0.5) is 5.69 Å². The average molecular weight is 393 g/mol. The number of carbonyl (C=O) groups excluding carboxylic acids is 1. The van der Waals surface area contributed by atoms with Crippen molar-refractivity contribution < 1.29 is 13.2 Å². The lowest BCUT2D eigenvalue weighted by Crippen LogP contribution is -2.42. The molecule has 0 saturated carbocycles. The SMILES string of the molecule is Cc1cc(C)cc(N2CC[C@H](NS(=O)(=O)Cc3ccccc3Cl)C2=O)c1. The van der Waals surface area contributed by atoms with Gasteiger partial charge in [-0.25, -0.2) is 13.1 Å². The first kappa shape index (κ1) is 18.9. The first-order valence-electron chi connectivity index (χ1n) is 8.38. The Bertz CT molecular complexity index is 923. The summed E-state index contributed by atoms with van der Waals surface area (Å²) in [5, 5.41) is 0.396. The largest absolute Gasteiger partial charge is 0.311 e. The van der Waals surface area contributed by atoms with E-state index in [2.05, 4.69) is 4.72 Å². The Morgan fingerprint density at radius 3 is 2.46 bits per heavy atom. The third-order valence-corrected chi connectivity index (χ3v) is 6.05. The number of hydrogen-bond donors (Lipinski definition) is 1. The molecular formula is C19H21ClN2O3S. The van der Waals surface area contributed by atoms with Crippen LogP contribution in [0, 0.1) is 13.8 Å². The molecule has 1 amide bonds. The summed E-state index contributed by atoms with van der Waals surface area (Å²) in [5.74, 6) is -0.474. The molecule has 1 aliphatic heterocycles. The van der Waals surface area contributed by atoms with Gasteiger partial charge in [0, 0.05) is 17.3 Å². The number of halogens is 1. The van der Waals surface area contributed by atoms with Gasteiger partial charge in [0.25, 0.3) is 0 Å². The van der Waals surface area contributed by atoms with E-state index < -0.39 is 16.1 Å². The molecule has 0 aromatic heterocycles. The fourth-order valence-corrected chi connectivity index (χ4v) is 4.91. The van der Waals surface area contributed by atoms with Gasteiger partial charge in [-0.15, -0.1) is 0 Å². The average Bonchev–Trinajstić information content (AvgIpc) is 2.89. The summed E-state index contributed by atoms with van der Waals surface area (Å²) in [6.45, 7) is 4.43. The van der Waals surface area contributed by atoms with Crippen molar-refractivity contribution >= 4 is 33.2 Å². The van der Waals surface area contributed by atoms with E-state index in [-0.39, 0.29) is 11.7 Å². The maximum Gasteiger partial charge on any atom is 0.245 e. The summed E-state index contributed by atoms with van der Waals surface area (Å²) >= 11 is 6.04. The molecular weight excluding hydrogens is 372 g/mol. The van der Waals surface area contributed by atoms with Crippen molar-refractivity contribution in [2.45, 2.75) is 32.1 Å². The normalized spacial score (nSPS) is 17.7. The molecule has 7 heteroatoms. The van der Waals surface area contributed by atoms with E-state index in [1.165, 1.54) is 0 Å². The van der Waals surface area contributed by atoms with Crippen LogP contribution in [0.25, 0.3) is 0 Å². The lowest BCUT2D eigenvalue weighted by Gasteiger charge is -2.18. The number of benzene rings is 2. The third-order valence-electron chi connectivity index (χ3n) is 4.35. The molecule has 0 aliphatic carbocycles. The van der Waals surface area contributed by atoms with E-state index in [0.717, 1.165) is 16.8 Å². The van der Waals surface area contributed by atoms with Crippen LogP contribution >= 0.6 is 11.6 Å². The van der Waals surface area contributed by atoms with Crippen molar-refractivity contribution in [2.24, 2.45) is 0 Å². The number of sulfonamides is 1. The number of hydrogen-bond acceptors (Lipinski definition) is 3. The maximum atomic E-state index is 12.7. The van der Waals surface area contributed by atoms with Crippen LogP contribution in [-0.4, -0.2) is 26.9 Å². The van der Waals surface area contributed by atoms with Crippen molar-refractivity contribution in [3.63, 3.8) is 0 Å². The van der Waals surface area contributed by atoms with Crippen LogP contribution in [0.3, 0.4) is 0 Å². The molecule has 0 spiro atoms. The fraction of sp³-hybridized carbons (Fsp3) is 0.316. The van der Waals surface area contributed by atoms with Gasteiger partial charge in [0.05, 0.1) is 5.75 Å². The second kappa shape index (κ2) is 7.39. The molecule has 26 heavy (non-hydrogen) atoms. The van der Waals surface area contributed by atoms with Crippen LogP contribution in [0.1, 0.15) is 23.1 Å². The number of amides is 1. The van der Waals surface area contributed by atoms with Gasteiger partial charge in [-0.05, 0) is 55.2 Å². The van der Waals surface area contributed by atoms with Crippen LogP contribution < -0.4 is 9.62 Å². The van der Waals surface area contributed by atoms with Crippen LogP contribution in [0.15, 0.2) is 42.5 Å². The molecule has 1 atom stereocenters. The Morgan fingerprint density at radius 1 is 1.15 bits per heavy atom. The molecule has 2 aromatic rings. The monoisotopic (exact) mass is 392 g/mol. The predicted molar refractivity (Wildman–Crippen MR) is 104 cm³/mol. The zero-order chi connectivity index (χ0) is 18.9. The van der Waals surface area contributed by atoms with Crippen molar-refractivity contribution in [3.8, 4) is 0 Å². The minimum Gasteiger partial charge on any atom is -0.311 e. The van der Waals surface area contributed by atoms with Crippen molar-refractivity contribution in [3.05, 3.63) is 64.2 Å². The third kappa shape index (κ3) is 4.26. The topological polar surface area (TPSA) is 66.5 Å². The number of nitrogens with one attached hydrogen (secondary N) is 1. The molecule has 1 saturated heterocycles. The first-order chi connectivity index (χ1) is 12.2. The number of carbonyl (C=O) groups is 1. The smallest absolute Gasteiger partial charge is 0.245 e. The predicted octanol–water partition coefficient (Wildman–Crippen LogP) is 3.18. The van der Waals surface area contributed by atoms with E-state index in [9.17, 15) is 13.2 Å². The number of nitrogens with zero attached hydrogens (tertiary/aromatic N) is 1. The highest BCUT2D eigenvalue weighted by Crippen LogP contribution is 2.25. The van der Waals surface area contributed by atoms with Crippen molar-refractivity contribution in [2.75, 3.05) is 11.4 Å². The summed E-state index contributed by atoms with van der Waals surface area (Å²) < 4.78 is 27.5. The second-order valence-electron chi connectivity index (χ2n) is 6.65. The molecule has 2 aromatic carbocycles. The summed E-state index contributed by atoms with van der Waals surface area (Å²) in [7, 11) is -3.68. The summed E-state index contributed by atoms with van der Waals surface area (Å²) in [4.78, 5) is 14.3. The molecule has 1 heterocycles. The first-order valence-corrected chi connectivity index (χ1v) is 10.4. The zero-order valence-electron chi connectivity index (χ0n) is 14.7. The molecule has 1 N–H and O–H groups in total. The van der Waals surface area contributed by atoms with Crippen molar-refractivity contribution in [1.29, 1.82) is 0 Å². The summed E-state index contributed by atoms with van der Waals surface area (Å²) in [6.07, 6.45) is 0.438. The lowest BCUT2D eigenvalue weighted by atomic mass is 10.1. The van der Waals surface area contributed by atoms with E-state index in [0.29, 0.717) is 23.6 Å². The Kier molecular flexibility index (Phi) is 5.37. The number of rotatable bonds is 5. The van der Waals surface area contributed by atoms with Crippen LogP contribution in [-0.2, 0) is 20.6 Å². The van der Waals surface area contributed by atoms with Crippen LogP contribution in [0.5, 0.6) is 0 Å². The quantitative estimate of drug-likeness (QED) is 0.849. The lowest BCUT2D eigenvalue weighted by molar-refractivity contribution is -0.118. The zero-order valence-corrected chi connectivity index (χ0v) is 16.3. The van der Waals surface area contributed by atoms with E-state index in [4.69, 9.17) is 11.6 Å². The molecule has 138 valence electrons. The fourth-order valence-electron chi connectivity index (χ4n) is 3.23. The van der Waals surface area contributed by atoms with Gasteiger partial charge in [-0.1, -0.05) is 35.9 Å². The van der Waals surface area contributed by atoms with Gasteiger partial charge in [-0.3, -0.25) is 4.79 Å². The number of aryl methyl sites for hydroxylation is 2. The maximum absolute atomic E-state index is 12.7. The van der Waals surface area contributed by atoms with Gasteiger partial charge in [0.1, 0.15) is 6.04 Å². The summed E-state index contributed by atoms with van der Waals surface area (Å²) in [6, 6.07) is 12.0. The molecule has 0 bridgehead atoms. The second-order valence-corrected chi connectivity index (χ2v) is 8.81. The Balaban J connectivity index is 1.73. The Morgan fingerprint density at radius 2 is 1.81 bits per heavy atom. The highest BCUT2D eigenvalue weighted by atomic mass is 35.5. The minimum atomic E-state index is -3.68.